The predicted molar refractivity (Wildman–Crippen MR) is 74.6 cm³/mol. The van der Waals surface area contributed by atoms with Crippen molar-refractivity contribution in [2.24, 2.45) is 0 Å². The van der Waals surface area contributed by atoms with Crippen molar-refractivity contribution in [1.29, 1.82) is 0 Å². The summed E-state index contributed by atoms with van der Waals surface area (Å²) in [5, 5.41) is 14.4. The van der Waals surface area contributed by atoms with E-state index in [1.807, 2.05) is 0 Å². The van der Waals surface area contributed by atoms with Crippen LogP contribution in [0.25, 0.3) is 0 Å². The van der Waals surface area contributed by atoms with E-state index in [4.69, 9.17) is 10.7 Å². The summed E-state index contributed by atoms with van der Waals surface area (Å²) < 4.78 is 23.6. The lowest BCUT2D eigenvalue weighted by atomic mass is 10.3. The van der Waals surface area contributed by atoms with E-state index in [0.717, 1.165) is 10.9 Å². The van der Waals surface area contributed by atoms with Crippen molar-refractivity contribution in [3.05, 3.63) is 16.3 Å². The van der Waals surface area contributed by atoms with Gasteiger partial charge in [0.1, 0.15) is 6.04 Å². The summed E-state index contributed by atoms with van der Waals surface area (Å²) in [5.41, 5.74) is 0. The van der Waals surface area contributed by atoms with Crippen LogP contribution in [0.1, 0.15) is 26.8 Å². The summed E-state index contributed by atoms with van der Waals surface area (Å²) in [5.74, 6) is -1.22. The number of carbonyl (C=O) groups excluding carboxylic acids is 1. The number of halogens is 1. The molecule has 1 amide bonds. The Morgan fingerprint density at radius 3 is 2.38 bits per heavy atom. The highest BCUT2D eigenvalue weighted by molar-refractivity contribution is 8.13. The number of amides is 1. The van der Waals surface area contributed by atoms with Gasteiger partial charge in [-0.2, -0.15) is 4.68 Å². The molecule has 1 aromatic heterocycles. The van der Waals surface area contributed by atoms with Crippen molar-refractivity contribution in [2.45, 2.75) is 31.7 Å². The fourth-order valence-corrected chi connectivity index (χ4v) is 2.67. The minimum absolute atomic E-state index is 0.323. The summed E-state index contributed by atoms with van der Waals surface area (Å²) in [6.07, 6.45) is 0.895. The standard InChI is InChI=1S/C10H15ClN4O5S/c1-4-13(5-2)10(16)7(3)14-6-8(21(11,19)20)9(12-14)15(17)18/h6-7H,4-5H2,1-3H3. The third-order valence-corrected chi connectivity index (χ3v) is 4.26. The largest absolute Gasteiger partial charge is 0.410 e. The Kier molecular flexibility index (Phi) is 5.29. The molecule has 0 aliphatic carbocycles. The average molecular weight is 339 g/mol. The van der Waals surface area contributed by atoms with Gasteiger partial charge >= 0.3 is 5.82 Å². The number of rotatable bonds is 6. The van der Waals surface area contributed by atoms with Gasteiger partial charge in [-0.05, 0) is 25.7 Å². The summed E-state index contributed by atoms with van der Waals surface area (Å²) in [4.78, 5) is 22.8. The van der Waals surface area contributed by atoms with Gasteiger partial charge in [-0.15, -0.1) is 0 Å². The molecule has 1 rings (SSSR count). The molecule has 1 unspecified atom stereocenters. The number of likely N-dealkylation sites (N-methyl/N-ethyl adjacent to an activating group) is 1. The molecule has 0 saturated heterocycles. The Hall–Kier alpha value is -1.68. The predicted octanol–water partition coefficient (Wildman–Crippen LogP) is 1.15. The first-order valence-corrected chi connectivity index (χ1v) is 8.41. The van der Waals surface area contributed by atoms with E-state index in [9.17, 15) is 23.3 Å². The molecule has 1 aromatic rings. The Labute approximate surface area is 126 Å². The highest BCUT2D eigenvalue weighted by Gasteiger charge is 2.33. The van der Waals surface area contributed by atoms with Crippen LogP contribution in [-0.2, 0) is 13.8 Å². The van der Waals surface area contributed by atoms with E-state index >= 15 is 0 Å². The molecule has 0 saturated carbocycles. The summed E-state index contributed by atoms with van der Waals surface area (Å²) >= 11 is 0. The minimum Gasteiger partial charge on any atom is -0.358 e. The molecular formula is C10H15ClN4O5S. The topological polar surface area (TPSA) is 115 Å². The molecule has 118 valence electrons. The van der Waals surface area contributed by atoms with E-state index in [1.54, 1.807) is 13.8 Å². The van der Waals surface area contributed by atoms with Crippen LogP contribution >= 0.6 is 10.7 Å². The van der Waals surface area contributed by atoms with Gasteiger partial charge in [0.2, 0.25) is 10.8 Å². The summed E-state index contributed by atoms with van der Waals surface area (Å²) in [6.45, 7) is 5.97. The summed E-state index contributed by atoms with van der Waals surface area (Å²) in [7, 11) is 0.816. The highest BCUT2D eigenvalue weighted by atomic mass is 35.7. The third-order valence-electron chi connectivity index (χ3n) is 2.95. The van der Waals surface area contributed by atoms with Gasteiger partial charge in [0, 0.05) is 23.8 Å². The molecule has 1 atom stereocenters. The Morgan fingerprint density at radius 1 is 1.52 bits per heavy atom. The Morgan fingerprint density at radius 2 is 2.05 bits per heavy atom. The number of aromatic nitrogens is 2. The molecule has 0 bridgehead atoms. The van der Waals surface area contributed by atoms with Crippen LogP contribution in [0.5, 0.6) is 0 Å². The second-order valence-corrected chi connectivity index (χ2v) is 6.71. The molecule has 0 fully saturated rings. The van der Waals surface area contributed by atoms with Gasteiger partial charge in [0.05, 0.1) is 11.3 Å². The van der Waals surface area contributed by atoms with E-state index in [-0.39, 0.29) is 5.91 Å². The minimum atomic E-state index is -4.33. The van der Waals surface area contributed by atoms with Gasteiger partial charge in [-0.25, -0.2) is 8.42 Å². The zero-order valence-corrected chi connectivity index (χ0v) is 13.3. The van der Waals surface area contributed by atoms with Gasteiger partial charge in [0.15, 0.2) is 0 Å². The van der Waals surface area contributed by atoms with Crippen molar-refractivity contribution >= 4 is 31.5 Å². The monoisotopic (exact) mass is 338 g/mol. The number of nitrogens with zero attached hydrogens (tertiary/aromatic N) is 4. The molecule has 11 heteroatoms. The van der Waals surface area contributed by atoms with Crippen molar-refractivity contribution in [1.82, 2.24) is 14.7 Å². The van der Waals surface area contributed by atoms with Gasteiger partial charge < -0.3 is 15.0 Å². The molecule has 1 heterocycles. The summed E-state index contributed by atoms with van der Waals surface area (Å²) in [6, 6.07) is -0.879. The molecule has 0 aliphatic heterocycles. The maximum Gasteiger partial charge on any atom is 0.410 e. The van der Waals surface area contributed by atoms with Crippen LogP contribution in [0.2, 0.25) is 0 Å². The fraction of sp³-hybridized carbons (Fsp3) is 0.600. The second-order valence-electron chi connectivity index (χ2n) is 4.18. The molecule has 0 aliphatic rings. The van der Waals surface area contributed by atoms with Crippen LogP contribution in [0, 0.1) is 10.1 Å². The van der Waals surface area contributed by atoms with Gasteiger partial charge in [0.25, 0.3) is 9.05 Å². The Bertz CT molecular complexity index is 652. The van der Waals surface area contributed by atoms with Crippen molar-refractivity contribution < 1.29 is 18.1 Å². The molecule has 0 aromatic carbocycles. The lowest BCUT2D eigenvalue weighted by Gasteiger charge is -2.21. The first-order valence-electron chi connectivity index (χ1n) is 6.10. The SMILES string of the molecule is CCN(CC)C(=O)C(C)n1cc(S(=O)(=O)Cl)c([N+](=O)[O-])n1. The number of hydrogen-bond donors (Lipinski definition) is 0. The van der Waals surface area contributed by atoms with E-state index in [0.29, 0.717) is 13.1 Å². The first-order chi connectivity index (χ1) is 9.63. The molecule has 9 nitrogen and oxygen atoms in total. The normalized spacial score (nSPS) is 13.0. The van der Waals surface area contributed by atoms with Crippen LogP contribution < -0.4 is 0 Å². The van der Waals surface area contributed by atoms with E-state index < -0.39 is 30.7 Å². The quantitative estimate of drug-likeness (QED) is 0.436. The van der Waals surface area contributed by atoms with Crippen LogP contribution in [-0.4, -0.2) is 47.0 Å². The average Bonchev–Trinajstić information content (AvgIpc) is 2.84. The number of carbonyl (C=O) groups is 1. The number of nitro groups is 1. The number of hydrogen-bond acceptors (Lipinski definition) is 6. The van der Waals surface area contributed by atoms with Crippen LogP contribution in [0.3, 0.4) is 0 Å². The zero-order valence-electron chi connectivity index (χ0n) is 11.7. The van der Waals surface area contributed by atoms with E-state index in [1.165, 1.54) is 11.8 Å². The molecule has 0 N–H and O–H groups in total. The maximum atomic E-state index is 12.2. The molecular weight excluding hydrogens is 324 g/mol. The smallest absolute Gasteiger partial charge is 0.358 e. The lowest BCUT2D eigenvalue weighted by Crippen LogP contribution is -2.36. The second kappa shape index (κ2) is 6.39. The zero-order chi connectivity index (χ0) is 16.4. The van der Waals surface area contributed by atoms with Gasteiger partial charge in [-0.3, -0.25) is 4.79 Å². The lowest BCUT2D eigenvalue weighted by molar-refractivity contribution is -0.392. The molecule has 0 spiro atoms. The molecule has 21 heavy (non-hydrogen) atoms. The van der Waals surface area contributed by atoms with Gasteiger partial charge in [-0.1, -0.05) is 0 Å². The highest BCUT2D eigenvalue weighted by Crippen LogP contribution is 2.26. The maximum absolute atomic E-state index is 12.2. The Balaban J connectivity index is 3.27. The third kappa shape index (κ3) is 3.70. The van der Waals surface area contributed by atoms with E-state index in [2.05, 4.69) is 5.10 Å². The van der Waals surface area contributed by atoms with Crippen molar-refractivity contribution in [3.63, 3.8) is 0 Å². The fourth-order valence-electron chi connectivity index (χ4n) is 1.77. The van der Waals surface area contributed by atoms with Crippen molar-refractivity contribution in [3.8, 4) is 0 Å². The molecule has 0 radical (unpaired) electrons. The van der Waals surface area contributed by atoms with Crippen LogP contribution in [0.4, 0.5) is 5.82 Å². The van der Waals surface area contributed by atoms with Crippen molar-refractivity contribution in [2.75, 3.05) is 13.1 Å². The first kappa shape index (κ1) is 17.4. The van der Waals surface area contributed by atoms with Crippen LogP contribution in [0.15, 0.2) is 11.1 Å².